The van der Waals surface area contributed by atoms with E-state index in [1.807, 2.05) is 40.1 Å². The fourth-order valence-corrected chi connectivity index (χ4v) is 3.60. The highest BCUT2D eigenvalue weighted by atomic mass is 16.2. The molecule has 1 saturated heterocycles. The first-order valence-electron chi connectivity index (χ1n) is 8.45. The molecule has 0 spiro atoms. The molecule has 3 heterocycles. The monoisotopic (exact) mass is 335 g/mol. The molecule has 1 unspecified atom stereocenters. The van der Waals surface area contributed by atoms with Crippen LogP contribution < -0.4 is 4.90 Å². The summed E-state index contributed by atoms with van der Waals surface area (Å²) >= 11 is 0. The number of aromatic nitrogens is 4. The first kappa shape index (κ1) is 15.7. The lowest BCUT2D eigenvalue weighted by Crippen LogP contribution is -2.31. The number of fused-ring (bicyclic) bond motifs is 1. The van der Waals surface area contributed by atoms with Gasteiger partial charge in [-0.15, -0.1) is 0 Å². The van der Waals surface area contributed by atoms with E-state index in [0.29, 0.717) is 5.95 Å². The Morgan fingerprint density at radius 3 is 2.52 bits per heavy atom. The molecule has 2 aromatic rings. The molecular formula is C19H21N5O. The van der Waals surface area contributed by atoms with E-state index < -0.39 is 5.41 Å². The number of allylic oxidation sites excluding steroid dienone is 4. The number of hydrogen-bond acceptors (Lipinski definition) is 4. The Morgan fingerprint density at radius 2 is 1.88 bits per heavy atom. The summed E-state index contributed by atoms with van der Waals surface area (Å²) in [7, 11) is 0. The highest BCUT2D eigenvalue weighted by Crippen LogP contribution is 2.49. The number of hydrogen-bond donors (Lipinski definition) is 1. The van der Waals surface area contributed by atoms with Crippen molar-refractivity contribution in [1.82, 2.24) is 19.9 Å². The second-order valence-electron chi connectivity index (χ2n) is 7.29. The molecule has 2 aliphatic rings. The van der Waals surface area contributed by atoms with Crippen molar-refractivity contribution in [3.8, 4) is 0 Å². The molecule has 1 N–H and O–H groups in total. The van der Waals surface area contributed by atoms with Crippen LogP contribution in [0.15, 0.2) is 36.4 Å². The highest BCUT2D eigenvalue weighted by Gasteiger charge is 2.52. The van der Waals surface area contributed by atoms with E-state index in [1.165, 1.54) is 0 Å². The van der Waals surface area contributed by atoms with Crippen molar-refractivity contribution in [2.24, 2.45) is 11.3 Å². The molecule has 6 nitrogen and oxygen atoms in total. The van der Waals surface area contributed by atoms with E-state index >= 15 is 0 Å². The standard InChI is InChI=1S/C19H21N5O/c1-11-8-22-18(23-11)24-16-7-13(14-9-20-12(2)21-10-14)5-6-15(16)19(3,4)17(24)25/h5,7-10,15H,6H2,1-4H3,(H,22,23). The third-order valence-electron chi connectivity index (χ3n) is 5.13. The Balaban J connectivity index is 1.79. The molecule has 6 heteroatoms. The molecule has 0 radical (unpaired) electrons. The number of rotatable bonds is 2. The molecule has 1 fully saturated rings. The number of H-pyrrole nitrogens is 1. The van der Waals surface area contributed by atoms with Gasteiger partial charge in [0.2, 0.25) is 11.9 Å². The summed E-state index contributed by atoms with van der Waals surface area (Å²) in [6.07, 6.45) is 10.5. The minimum absolute atomic E-state index is 0.0768. The average molecular weight is 335 g/mol. The fraction of sp³-hybridized carbons (Fsp3) is 0.368. The zero-order valence-corrected chi connectivity index (χ0v) is 14.9. The number of aryl methyl sites for hydroxylation is 2. The van der Waals surface area contributed by atoms with Crippen molar-refractivity contribution in [3.05, 3.63) is 53.5 Å². The summed E-state index contributed by atoms with van der Waals surface area (Å²) < 4.78 is 0. The van der Waals surface area contributed by atoms with Crippen LogP contribution in [0.4, 0.5) is 5.95 Å². The lowest BCUT2D eigenvalue weighted by Gasteiger charge is -2.25. The number of nitrogens with zero attached hydrogens (tertiary/aromatic N) is 4. The predicted molar refractivity (Wildman–Crippen MR) is 95.5 cm³/mol. The zero-order chi connectivity index (χ0) is 17.8. The van der Waals surface area contributed by atoms with Gasteiger partial charge in [0.25, 0.3) is 0 Å². The van der Waals surface area contributed by atoms with Gasteiger partial charge >= 0.3 is 0 Å². The van der Waals surface area contributed by atoms with E-state index in [4.69, 9.17) is 0 Å². The Bertz CT molecular complexity index is 904. The van der Waals surface area contributed by atoms with Gasteiger partial charge in [-0.3, -0.25) is 9.69 Å². The summed E-state index contributed by atoms with van der Waals surface area (Å²) in [5, 5.41) is 0. The van der Waals surface area contributed by atoms with Gasteiger partial charge < -0.3 is 4.98 Å². The number of carbonyl (C=O) groups is 1. The molecule has 128 valence electrons. The maximum absolute atomic E-state index is 13.1. The van der Waals surface area contributed by atoms with E-state index in [1.54, 1.807) is 11.1 Å². The predicted octanol–water partition coefficient (Wildman–Crippen LogP) is 3.18. The minimum Gasteiger partial charge on any atom is -0.328 e. The first-order chi connectivity index (χ1) is 11.9. The third-order valence-corrected chi connectivity index (χ3v) is 5.13. The van der Waals surface area contributed by atoms with Gasteiger partial charge in [-0.05, 0) is 31.9 Å². The van der Waals surface area contributed by atoms with Gasteiger partial charge in [0, 0.05) is 41.5 Å². The van der Waals surface area contributed by atoms with E-state index in [-0.39, 0.29) is 11.8 Å². The van der Waals surface area contributed by atoms with E-state index in [0.717, 1.165) is 34.8 Å². The zero-order valence-electron chi connectivity index (χ0n) is 14.9. The van der Waals surface area contributed by atoms with Crippen LogP contribution >= 0.6 is 0 Å². The van der Waals surface area contributed by atoms with Gasteiger partial charge in [0.15, 0.2) is 0 Å². The molecular weight excluding hydrogens is 314 g/mol. The van der Waals surface area contributed by atoms with Gasteiger partial charge in [-0.2, -0.15) is 0 Å². The molecule has 2 aromatic heterocycles. The number of amides is 1. The van der Waals surface area contributed by atoms with Crippen molar-refractivity contribution in [1.29, 1.82) is 0 Å². The number of carbonyl (C=O) groups excluding carboxylic acids is 1. The largest absolute Gasteiger partial charge is 0.328 e. The van der Waals surface area contributed by atoms with Crippen molar-refractivity contribution in [3.63, 3.8) is 0 Å². The SMILES string of the molecule is Cc1ncc(C2=CCC3C(=C2)N(c2ncc(C)[nH]2)C(=O)C3(C)C)cn1. The summed E-state index contributed by atoms with van der Waals surface area (Å²) in [6, 6.07) is 0. The van der Waals surface area contributed by atoms with Crippen LogP contribution in [0.2, 0.25) is 0 Å². The molecule has 0 bridgehead atoms. The van der Waals surface area contributed by atoms with Crippen molar-refractivity contribution in [2.45, 2.75) is 34.1 Å². The van der Waals surface area contributed by atoms with E-state index in [2.05, 4.69) is 32.1 Å². The molecule has 25 heavy (non-hydrogen) atoms. The van der Waals surface area contributed by atoms with Crippen LogP contribution in [0.1, 0.15) is 37.4 Å². The van der Waals surface area contributed by atoms with Crippen molar-refractivity contribution in [2.75, 3.05) is 4.90 Å². The molecule has 1 atom stereocenters. The van der Waals surface area contributed by atoms with Crippen LogP contribution in [0.5, 0.6) is 0 Å². The maximum Gasteiger partial charge on any atom is 0.239 e. The van der Waals surface area contributed by atoms with Crippen LogP contribution in [-0.2, 0) is 4.79 Å². The Hall–Kier alpha value is -2.76. The maximum atomic E-state index is 13.1. The number of imidazole rings is 1. The lowest BCUT2D eigenvalue weighted by atomic mass is 9.75. The van der Waals surface area contributed by atoms with Crippen LogP contribution in [0, 0.1) is 25.2 Å². The first-order valence-corrected chi connectivity index (χ1v) is 8.45. The summed E-state index contributed by atoms with van der Waals surface area (Å²) in [4.78, 5) is 30.9. The quantitative estimate of drug-likeness (QED) is 0.914. The summed E-state index contributed by atoms with van der Waals surface area (Å²) in [5.74, 6) is 1.55. The fourth-order valence-electron chi connectivity index (χ4n) is 3.60. The molecule has 0 aromatic carbocycles. The van der Waals surface area contributed by atoms with E-state index in [9.17, 15) is 4.79 Å². The van der Waals surface area contributed by atoms with Crippen LogP contribution in [0.25, 0.3) is 5.57 Å². The Kier molecular flexibility index (Phi) is 3.39. The van der Waals surface area contributed by atoms with Crippen LogP contribution in [0.3, 0.4) is 0 Å². The Labute approximate surface area is 146 Å². The van der Waals surface area contributed by atoms with Crippen molar-refractivity contribution < 1.29 is 4.79 Å². The molecule has 4 rings (SSSR count). The molecule has 1 aliphatic heterocycles. The highest BCUT2D eigenvalue weighted by molar-refractivity contribution is 6.03. The molecule has 1 aliphatic carbocycles. The minimum atomic E-state index is -0.460. The molecule has 0 saturated carbocycles. The number of nitrogens with one attached hydrogen (secondary N) is 1. The van der Waals surface area contributed by atoms with Gasteiger partial charge in [0.05, 0.1) is 5.41 Å². The summed E-state index contributed by atoms with van der Waals surface area (Å²) in [5.41, 5.74) is 3.47. The Morgan fingerprint density at radius 1 is 1.16 bits per heavy atom. The smallest absolute Gasteiger partial charge is 0.239 e. The topological polar surface area (TPSA) is 74.8 Å². The second-order valence-corrected chi connectivity index (χ2v) is 7.29. The van der Waals surface area contributed by atoms with Gasteiger partial charge in [0.1, 0.15) is 5.82 Å². The van der Waals surface area contributed by atoms with Crippen LogP contribution in [-0.4, -0.2) is 25.8 Å². The lowest BCUT2D eigenvalue weighted by molar-refractivity contribution is -0.125. The third kappa shape index (κ3) is 2.40. The average Bonchev–Trinajstić information content (AvgIpc) is 3.08. The second kappa shape index (κ2) is 5.37. The van der Waals surface area contributed by atoms with Gasteiger partial charge in [-0.25, -0.2) is 15.0 Å². The summed E-state index contributed by atoms with van der Waals surface area (Å²) in [6.45, 7) is 7.82. The number of anilines is 1. The van der Waals surface area contributed by atoms with Gasteiger partial charge in [-0.1, -0.05) is 19.9 Å². The molecule has 1 amide bonds. The normalized spacial score (nSPS) is 21.8. The number of aromatic amines is 1. The van der Waals surface area contributed by atoms with Crippen molar-refractivity contribution >= 4 is 17.4 Å².